The van der Waals surface area contributed by atoms with E-state index in [-0.39, 0.29) is 0 Å². The van der Waals surface area contributed by atoms with Crippen LogP contribution in [0.3, 0.4) is 0 Å². The molecule has 0 spiro atoms. The van der Waals surface area contributed by atoms with Gasteiger partial charge in [0.2, 0.25) is 0 Å². The summed E-state index contributed by atoms with van der Waals surface area (Å²) in [5, 5.41) is 45.7. The second kappa shape index (κ2) is 5.58. The van der Waals surface area contributed by atoms with E-state index in [1.165, 1.54) is 0 Å². The van der Waals surface area contributed by atoms with Crippen LogP contribution in [0.4, 0.5) is 0 Å². The summed E-state index contributed by atoms with van der Waals surface area (Å²) in [6.45, 7) is -0.492. The molecule has 0 aromatic heterocycles. The molecule has 0 saturated heterocycles. The quantitative estimate of drug-likeness (QED) is 0.219. The van der Waals surface area contributed by atoms with E-state index in [4.69, 9.17) is 25.5 Å². The van der Waals surface area contributed by atoms with Gasteiger partial charge in [-0.25, -0.2) is 5.32 Å². The van der Waals surface area contributed by atoms with Crippen molar-refractivity contribution in [3.8, 4) is 0 Å². The summed E-state index contributed by atoms with van der Waals surface area (Å²) in [6.07, 6.45) is -3.81. The maximum Gasteiger partial charge on any atom is 0.344 e. The summed E-state index contributed by atoms with van der Waals surface area (Å²) in [7, 11) is 0. The molecule has 7 N–H and O–H groups in total. The number of carboxylic acids is 2. The van der Waals surface area contributed by atoms with E-state index in [0.29, 0.717) is 0 Å². The molecule has 0 heterocycles. The van der Waals surface area contributed by atoms with Crippen molar-refractivity contribution in [2.75, 3.05) is 6.67 Å². The van der Waals surface area contributed by atoms with E-state index >= 15 is 0 Å². The molecule has 0 aliphatic heterocycles. The third-order valence-corrected chi connectivity index (χ3v) is 1.35. The molecule has 0 rings (SSSR count). The van der Waals surface area contributed by atoms with Gasteiger partial charge in [0.1, 0.15) is 6.04 Å². The van der Waals surface area contributed by atoms with Gasteiger partial charge in [-0.2, -0.15) is 0 Å². The SMILES string of the molecule is O=C(O)C[C@H](NCNC(O)(O)O)C(=O)O. The smallest absolute Gasteiger partial charge is 0.344 e. The van der Waals surface area contributed by atoms with Crippen molar-refractivity contribution in [2.24, 2.45) is 0 Å². The van der Waals surface area contributed by atoms with Crippen molar-refractivity contribution in [3.63, 3.8) is 0 Å². The zero-order chi connectivity index (χ0) is 12.1. The Balaban J connectivity index is 3.98. The molecule has 1 atom stereocenters. The molecule has 0 aliphatic carbocycles. The van der Waals surface area contributed by atoms with Crippen LogP contribution in [-0.4, -0.2) is 56.3 Å². The van der Waals surface area contributed by atoms with Gasteiger partial charge >= 0.3 is 18.0 Å². The van der Waals surface area contributed by atoms with Gasteiger partial charge in [0.25, 0.3) is 0 Å². The van der Waals surface area contributed by atoms with E-state index in [2.05, 4.69) is 5.32 Å². The lowest BCUT2D eigenvalue weighted by Gasteiger charge is -2.18. The van der Waals surface area contributed by atoms with Gasteiger partial charge in [-0.3, -0.25) is 14.9 Å². The van der Waals surface area contributed by atoms with Crippen molar-refractivity contribution >= 4 is 11.9 Å². The fraction of sp³-hybridized carbons (Fsp3) is 0.667. The van der Waals surface area contributed by atoms with E-state index in [9.17, 15) is 9.59 Å². The van der Waals surface area contributed by atoms with Crippen molar-refractivity contribution in [2.45, 2.75) is 18.6 Å². The first-order chi connectivity index (χ1) is 6.72. The van der Waals surface area contributed by atoms with E-state index < -0.39 is 37.2 Å². The molecule has 9 heteroatoms. The van der Waals surface area contributed by atoms with Crippen molar-refractivity contribution < 1.29 is 35.1 Å². The number of hydrogen-bond donors (Lipinski definition) is 7. The second-order valence-corrected chi connectivity index (χ2v) is 2.68. The van der Waals surface area contributed by atoms with Gasteiger partial charge in [0.15, 0.2) is 0 Å². The molecular weight excluding hydrogens is 212 g/mol. The highest BCUT2D eigenvalue weighted by atomic mass is 16.7. The fourth-order valence-electron chi connectivity index (χ4n) is 0.714. The van der Waals surface area contributed by atoms with Crippen molar-refractivity contribution in [1.29, 1.82) is 0 Å². The topological polar surface area (TPSA) is 159 Å². The summed E-state index contributed by atoms with van der Waals surface area (Å²) in [6, 6.07) is -1.39. The van der Waals surface area contributed by atoms with Crippen LogP contribution in [0.15, 0.2) is 0 Å². The number of nitrogens with one attached hydrogen (secondary N) is 2. The maximum atomic E-state index is 10.4. The van der Waals surface area contributed by atoms with Crippen LogP contribution in [0.2, 0.25) is 0 Å². The molecule has 0 aromatic rings. The van der Waals surface area contributed by atoms with Crippen molar-refractivity contribution in [3.05, 3.63) is 0 Å². The number of aliphatic hydroxyl groups is 3. The van der Waals surface area contributed by atoms with Gasteiger partial charge in [-0.05, 0) is 0 Å². The molecule has 0 aromatic carbocycles. The summed E-state index contributed by atoms with van der Waals surface area (Å²) in [4.78, 5) is 20.7. The van der Waals surface area contributed by atoms with Gasteiger partial charge < -0.3 is 25.5 Å². The minimum atomic E-state index is -3.14. The highest BCUT2D eigenvalue weighted by Gasteiger charge is 2.22. The Hall–Kier alpha value is -1.26. The molecule has 9 nitrogen and oxygen atoms in total. The first kappa shape index (κ1) is 13.7. The van der Waals surface area contributed by atoms with Crippen LogP contribution in [0.1, 0.15) is 6.42 Å². The average Bonchev–Trinajstić information content (AvgIpc) is 1.99. The van der Waals surface area contributed by atoms with Crippen LogP contribution in [0.25, 0.3) is 0 Å². The number of rotatable bonds is 7. The van der Waals surface area contributed by atoms with Gasteiger partial charge in [0, 0.05) is 0 Å². The summed E-state index contributed by atoms with van der Waals surface area (Å²) in [5.41, 5.74) is 0. The lowest BCUT2D eigenvalue weighted by Crippen LogP contribution is -2.52. The Bertz CT molecular complexity index is 236. The fourth-order valence-corrected chi connectivity index (χ4v) is 0.714. The Morgan fingerprint density at radius 2 is 1.73 bits per heavy atom. The van der Waals surface area contributed by atoms with Gasteiger partial charge in [-0.15, -0.1) is 0 Å². The summed E-state index contributed by atoms with van der Waals surface area (Å²) in [5.74, 6) is -2.73. The molecule has 0 fully saturated rings. The molecule has 0 bridgehead atoms. The Labute approximate surface area is 84.0 Å². The van der Waals surface area contributed by atoms with Gasteiger partial charge in [0.05, 0.1) is 13.1 Å². The standard InChI is InChI=1S/C6H12N2O7/c9-4(10)1-3(5(11)12)7-2-8-6(13,14)15/h3,7-8,13-15H,1-2H2,(H,9,10)(H,11,12)/t3-/m0/s1. The van der Waals surface area contributed by atoms with Crippen LogP contribution in [-0.2, 0) is 9.59 Å². The zero-order valence-corrected chi connectivity index (χ0v) is 7.54. The molecular formula is C6H12N2O7. The highest BCUT2D eigenvalue weighted by Crippen LogP contribution is 1.92. The van der Waals surface area contributed by atoms with Crippen LogP contribution in [0, 0.1) is 0 Å². The predicted octanol–water partition coefficient (Wildman–Crippen LogP) is -3.36. The zero-order valence-electron chi connectivity index (χ0n) is 7.54. The molecule has 0 amide bonds. The molecule has 0 unspecified atom stereocenters. The molecule has 0 saturated carbocycles. The minimum absolute atomic E-state index is 0.492. The monoisotopic (exact) mass is 224 g/mol. The molecule has 15 heavy (non-hydrogen) atoms. The molecule has 0 radical (unpaired) electrons. The van der Waals surface area contributed by atoms with Crippen LogP contribution >= 0.6 is 0 Å². The highest BCUT2D eigenvalue weighted by molar-refractivity contribution is 5.80. The first-order valence-electron chi connectivity index (χ1n) is 3.82. The number of aliphatic carboxylic acids is 2. The second-order valence-electron chi connectivity index (χ2n) is 2.68. The normalized spacial score (nSPS) is 13.5. The maximum absolute atomic E-state index is 10.4. The number of carboxylic acid groups (broad SMARTS) is 2. The van der Waals surface area contributed by atoms with Gasteiger partial charge in [-0.1, -0.05) is 0 Å². The third kappa shape index (κ3) is 7.78. The van der Waals surface area contributed by atoms with E-state index in [1.54, 1.807) is 5.32 Å². The number of hydrogen-bond acceptors (Lipinski definition) is 7. The lowest BCUT2D eigenvalue weighted by molar-refractivity contribution is -0.331. The number of carbonyl (C=O) groups is 2. The summed E-state index contributed by atoms with van der Waals surface area (Å²) >= 11 is 0. The molecule has 0 aliphatic rings. The molecule has 88 valence electrons. The Kier molecular flexibility index (Phi) is 5.11. The Morgan fingerprint density at radius 3 is 2.07 bits per heavy atom. The summed E-state index contributed by atoms with van der Waals surface area (Å²) < 4.78 is 0. The Morgan fingerprint density at radius 1 is 1.20 bits per heavy atom. The van der Waals surface area contributed by atoms with E-state index in [1.807, 2.05) is 0 Å². The predicted molar refractivity (Wildman–Crippen MR) is 44.2 cm³/mol. The first-order valence-corrected chi connectivity index (χ1v) is 3.82. The average molecular weight is 224 g/mol. The van der Waals surface area contributed by atoms with Crippen LogP contribution in [0.5, 0.6) is 0 Å². The van der Waals surface area contributed by atoms with Crippen molar-refractivity contribution in [1.82, 2.24) is 10.6 Å². The minimum Gasteiger partial charge on any atom is -0.481 e. The van der Waals surface area contributed by atoms with E-state index in [0.717, 1.165) is 0 Å². The van der Waals surface area contributed by atoms with Crippen LogP contribution < -0.4 is 10.6 Å². The lowest BCUT2D eigenvalue weighted by atomic mass is 10.2. The largest absolute Gasteiger partial charge is 0.481 e. The third-order valence-electron chi connectivity index (χ3n) is 1.35.